The van der Waals surface area contributed by atoms with Crippen LogP contribution in [0.4, 0.5) is 0 Å². The molecule has 7 heteroatoms. The lowest BCUT2D eigenvalue weighted by Crippen LogP contribution is -2.00. The van der Waals surface area contributed by atoms with Crippen molar-refractivity contribution >= 4 is 35.0 Å². The lowest BCUT2D eigenvalue weighted by Gasteiger charge is -2.11. The number of halogens is 1. The van der Waals surface area contributed by atoms with E-state index in [-0.39, 0.29) is 0 Å². The van der Waals surface area contributed by atoms with Crippen molar-refractivity contribution in [3.63, 3.8) is 0 Å². The van der Waals surface area contributed by atoms with Crippen LogP contribution in [-0.2, 0) is 0 Å². The fourth-order valence-corrected chi connectivity index (χ4v) is 2.62. The number of hydrogen-bond donors (Lipinski definition) is 1. The zero-order valence-electron chi connectivity index (χ0n) is 11.4. The number of imidazole rings is 1. The van der Waals surface area contributed by atoms with Crippen LogP contribution in [0.25, 0.3) is 16.9 Å². The lowest BCUT2D eigenvalue weighted by molar-refractivity contribution is 0.401. The number of nitrogens with one attached hydrogen (secondary N) is 1. The highest BCUT2D eigenvalue weighted by Crippen LogP contribution is 2.30. The van der Waals surface area contributed by atoms with Gasteiger partial charge in [-0.2, -0.15) is 0 Å². The van der Waals surface area contributed by atoms with E-state index in [0.29, 0.717) is 26.9 Å². The Bertz CT molecular complexity index is 872. The first kappa shape index (κ1) is 13.9. The van der Waals surface area contributed by atoms with E-state index in [9.17, 15) is 0 Å². The minimum atomic E-state index is 0.506. The molecule has 0 aliphatic rings. The van der Waals surface area contributed by atoms with Crippen molar-refractivity contribution in [1.29, 1.82) is 0 Å². The number of aromatic nitrogens is 3. The van der Waals surface area contributed by atoms with Crippen LogP contribution >= 0.6 is 23.8 Å². The number of methoxy groups -OCH3 is 2. The van der Waals surface area contributed by atoms with Gasteiger partial charge in [0, 0.05) is 12.3 Å². The van der Waals surface area contributed by atoms with E-state index in [1.165, 1.54) is 0 Å². The van der Waals surface area contributed by atoms with Crippen LogP contribution in [0.2, 0.25) is 5.02 Å². The lowest BCUT2D eigenvalue weighted by atomic mass is 10.2. The first-order valence-electron chi connectivity index (χ1n) is 6.12. The molecular formula is C14H12ClN3O2S. The van der Waals surface area contributed by atoms with Gasteiger partial charge in [0.1, 0.15) is 11.5 Å². The summed E-state index contributed by atoms with van der Waals surface area (Å²) in [7, 11) is 3.21. The Morgan fingerprint density at radius 3 is 2.76 bits per heavy atom. The number of fused-ring (bicyclic) bond motifs is 1. The summed E-state index contributed by atoms with van der Waals surface area (Å²) in [5, 5.41) is 0.545. The topological polar surface area (TPSA) is 52.1 Å². The maximum absolute atomic E-state index is 5.96. The molecule has 1 N–H and O–H groups in total. The fraction of sp³-hybridized carbons (Fsp3) is 0.143. The number of H-pyrrole nitrogens is 1. The molecule has 5 nitrogen and oxygen atoms in total. The molecule has 0 unspecified atom stereocenters. The molecule has 0 spiro atoms. The number of aromatic amines is 1. The molecule has 0 radical (unpaired) electrons. The van der Waals surface area contributed by atoms with Crippen molar-refractivity contribution in [3.8, 4) is 17.2 Å². The van der Waals surface area contributed by atoms with Crippen LogP contribution in [-0.4, -0.2) is 28.8 Å². The van der Waals surface area contributed by atoms with Crippen molar-refractivity contribution in [2.75, 3.05) is 14.2 Å². The number of pyridine rings is 1. The normalized spacial score (nSPS) is 10.8. The molecule has 0 amide bonds. The van der Waals surface area contributed by atoms with E-state index in [1.54, 1.807) is 31.0 Å². The van der Waals surface area contributed by atoms with Crippen molar-refractivity contribution in [3.05, 3.63) is 40.3 Å². The van der Waals surface area contributed by atoms with Gasteiger partial charge in [0.15, 0.2) is 10.4 Å². The summed E-state index contributed by atoms with van der Waals surface area (Å²) >= 11 is 11.4. The first-order chi connectivity index (χ1) is 10.1. The van der Waals surface area contributed by atoms with Gasteiger partial charge in [0.05, 0.1) is 30.4 Å². The Kier molecular flexibility index (Phi) is 3.57. The second-order valence-corrected chi connectivity index (χ2v) is 5.15. The molecule has 0 aliphatic carbocycles. The summed E-state index contributed by atoms with van der Waals surface area (Å²) in [5.41, 5.74) is 2.19. The van der Waals surface area contributed by atoms with Crippen molar-refractivity contribution in [1.82, 2.24) is 14.5 Å². The smallest absolute Gasteiger partial charge is 0.184 e. The molecule has 2 aromatic heterocycles. The van der Waals surface area contributed by atoms with Crippen molar-refractivity contribution in [2.24, 2.45) is 0 Å². The van der Waals surface area contributed by atoms with Crippen LogP contribution in [0.3, 0.4) is 0 Å². The Hall–Kier alpha value is -2.05. The van der Waals surface area contributed by atoms with Gasteiger partial charge in [-0.3, -0.25) is 4.57 Å². The van der Waals surface area contributed by atoms with Crippen LogP contribution < -0.4 is 9.47 Å². The summed E-state index contributed by atoms with van der Waals surface area (Å²) in [4.78, 5) is 7.44. The predicted octanol–water partition coefficient (Wildman–Crippen LogP) is 3.75. The quantitative estimate of drug-likeness (QED) is 0.746. The average molecular weight is 322 g/mol. The molecule has 3 aromatic rings. The maximum Gasteiger partial charge on any atom is 0.184 e. The third kappa shape index (κ3) is 2.36. The third-order valence-corrected chi connectivity index (χ3v) is 3.61. The summed E-state index contributed by atoms with van der Waals surface area (Å²) in [6.07, 6.45) is 1.58. The molecule has 3 rings (SSSR count). The monoisotopic (exact) mass is 321 g/mol. The molecule has 0 bridgehead atoms. The SMILES string of the molecule is COc1ccc(OC)c(-n2c(=S)[nH]c3cc(Cl)cnc32)c1. The first-order valence-corrected chi connectivity index (χ1v) is 6.91. The van der Waals surface area contributed by atoms with Gasteiger partial charge in [-0.15, -0.1) is 0 Å². The van der Waals surface area contributed by atoms with Crippen molar-refractivity contribution in [2.45, 2.75) is 0 Å². The van der Waals surface area contributed by atoms with Crippen LogP contribution in [0.15, 0.2) is 30.5 Å². The molecule has 0 atom stereocenters. The Morgan fingerprint density at radius 1 is 1.24 bits per heavy atom. The van der Waals surface area contributed by atoms with E-state index in [1.807, 2.05) is 18.2 Å². The van der Waals surface area contributed by atoms with Gasteiger partial charge < -0.3 is 14.5 Å². The maximum atomic E-state index is 5.96. The van der Waals surface area contributed by atoms with Crippen LogP contribution in [0.1, 0.15) is 0 Å². The Morgan fingerprint density at radius 2 is 2.05 bits per heavy atom. The van der Waals surface area contributed by atoms with E-state index in [0.717, 1.165) is 11.2 Å². The van der Waals surface area contributed by atoms with Crippen LogP contribution in [0.5, 0.6) is 11.5 Å². The molecule has 0 aliphatic heterocycles. The standard InChI is InChI=1S/C14H12ClN3O2S/c1-19-9-3-4-12(20-2)11(6-9)18-13-10(17-14(18)21)5-8(15)7-16-13/h3-7H,1-2H3,(H,17,21). The highest BCUT2D eigenvalue weighted by atomic mass is 35.5. The van der Waals surface area contributed by atoms with E-state index < -0.39 is 0 Å². The number of rotatable bonds is 3. The minimum absolute atomic E-state index is 0.506. The summed E-state index contributed by atoms with van der Waals surface area (Å²) in [6, 6.07) is 7.27. The van der Waals surface area contributed by atoms with E-state index in [4.69, 9.17) is 33.3 Å². The summed E-state index contributed by atoms with van der Waals surface area (Å²) < 4.78 is 13.0. The molecular weight excluding hydrogens is 310 g/mol. The Labute approximate surface area is 131 Å². The summed E-state index contributed by atoms with van der Waals surface area (Å²) in [6.45, 7) is 0. The minimum Gasteiger partial charge on any atom is -0.497 e. The highest BCUT2D eigenvalue weighted by Gasteiger charge is 2.13. The number of nitrogens with zero attached hydrogens (tertiary/aromatic N) is 2. The van der Waals surface area contributed by atoms with Gasteiger partial charge >= 0.3 is 0 Å². The largest absolute Gasteiger partial charge is 0.497 e. The van der Waals surface area contributed by atoms with Gasteiger partial charge in [-0.1, -0.05) is 11.6 Å². The summed E-state index contributed by atoms with van der Waals surface area (Å²) in [5.74, 6) is 1.38. The number of ether oxygens (including phenoxy) is 2. The second-order valence-electron chi connectivity index (χ2n) is 4.33. The second kappa shape index (κ2) is 5.38. The number of hydrogen-bond acceptors (Lipinski definition) is 4. The molecule has 0 fully saturated rings. The van der Waals surface area contributed by atoms with Gasteiger partial charge in [0.2, 0.25) is 0 Å². The highest BCUT2D eigenvalue weighted by molar-refractivity contribution is 7.71. The molecule has 21 heavy (non-hydrogen) atoms. The van der Waals surface area contributed by atoms with Crippen LogP contribution in [0, 0.1) is 4.77 Å². The van der Waals surface area contributed by atoms with Gasteiger partial charge in [0.25, 0.3) is 0 Å². The molecule has 0 saturated carbocycles. The predicted molar refractivity (Wildman–Crippen MR) is 84.4 cm³/mol. The fourth-order valence-electron chi connectivity index (χ4n) is 2.16. The zero-order valence-corrected chi connectivity index (χ0v) is 13.0. The average Bonchev–Trinajstić information content (AvgIpc) is 2.81. The van der Waals surface area contributed by atoms with Gasteiger partial charge in [-0.05, 0) is 30.4 Å². The number of benzene rings is 1. The third-order valence-electron chi connectivity index (χ3n) is 3.12. The Balaban J connectivity index is 2.34. The molecule has 1 aromatic carbocycles. The zero-order chi connectivity index (χ0) is 15.0. The van der Waals surface area contributed by atoms with Gasteiger partial charge in [-0.25, -0.2) is 4.98 Å². The molecule has 108 valence electrons. The molecule has 0 saturated heterocycles. The molecule has 2 heterocycles. The van der Waals surface area contributed by atoms with E-state index >= 15 is 0 Å². The van der Waals surface area contributed by atoms with E-state index in [2.05, 4.69) is 9.97 Å². The van der Waals surface area contributed by atoms with Crippen molar-refractivity contribution < 1.29 is 9.47 Å².